The monoisotopic (exact) mass is 665 g/mol. The molecule has 50 heavy (non-hydrogen) atoms. The largest absolute Gasteiger partial charge is 0.309 e. The Morgan fingerprint density at radius 1 is 0.440 bits per heavy atom. The summed E-state index contributed by atoms with van der Waals surface area (Å²) in [6, 6.07) is 56.2. The van der Waals surface area contributed by atoms with Crippen LogP contribution in [0.3, 0.4) is 0 Å². The first-order valence-electron chi connectivity index (χ1n) is 17.6. The molecule has 0 bridgehead atoms. The molecule has 8 aromatic rings. The molecular formula is C48H43NS. The van der Waals surface area contributed by atoms with E-state index in [1.165, 1.54) is 70.0 Å². The van der Waals surface area contributed by atoms with Gasteiger partial charge in [-0.05, 0) is 85.8 Å². The van der Waals surface area contributed by atoms with Gasteiger partial charge in [0.05, 0.1) is 11.4 Å². The zero-order valence-corrected chi connectivity index (χ0v) is 30.6. The molecule has 0 aliphatic heterocycles. The smallest absolute Gasteiger partial charge is 0.0555 e. The third-order valence-corrected chi connectivity index (χ3v) is 11.1. The average Bonchev–Trinajstić information content (AvgIpc) is 3.51. The molecule has 0 N–H and O–H groups in total. The average molecular weight is 666 g/mol. The van der Waals surface area contributed by atoms with Crippen LogP contribution in [0.25, 0.3) is 53.2 Å². The van der Waals surface area contributed by atoms with Crippen molar-refractivity contribution in [3.63, 3.8) is 0 Å². The molecule has 2 heteroatoms. The molecule has 1 nitrogen and oxygen atoms in total. The molecule has 8 rings (SSSR count). The van der Waals surface area contributed by atoms with Crippen LogP contribution in [0.5, 0.6) is 0 Å². The van der Waals surface area contributed by atoms with Crippen LogP contribution in [-0.4, -0.2) is 0 Å². The van der Waals surface area contributed by atoms with Crippen LogP contribution < -0.4 is 4.90 Å². The number of para-hydroxylation sites is 2. The summed E-state index contributed by atoms with van der Waals surface area (Å²) in [5.74, 6) is 0. The minimum absolute atomic E-state index is 0.0268. The quantitative estimate of drug-likeness (QED) is 0.177. The number of rotatable bonds is 5. The van der Waals surface area contributed by atoms with Crippen LogP contribution in [-0.2, 0) is 10.8 Å². The van der Waals surface area contributed by atoms with E-state index in [2.05, 4.69) is 198 Å². The Kier molecular flexibility index (Phi) is 7.88. The molecule has 0 saturated carbocycles. The molecule has 0 aliphatic carbocycles. The third-order valence-electron chi connectivity index (χ3n) is 9.95. The van der Waals surface area contributed by atoms with E-state index < -0.39 is 0 Å². The van der Waals surface area contributed by atoms with E-state index in [9.17, 15) is 0 Å². The Morgan fingerprint density at radius 3 is 1.72 bits per heavy atom. The summed E-state index contributed by atoms with van der Waals surface area (Å²) in [5.41, 5.74) is 11.2. The molecule has 0 aliphatic rings. The number of thiophene rings is 1. The summed E-state index contributed by atoms with van der Waals surface area (Å²) in [7, 11) is 0. The third kappa shape index (κ3) is 5.68. The first kappa shape index (κ1) is 32.0. The van der Waals surface area contributed by atoms with Gasteiger partial charge in [-0.1, -0.05) is 157 Å². The van der Waals surface area contributed by atoms with E-state index in [-0.39, 0.29) is 10.8 Å². The lowest BCUT2D eigenvalue weighted by atomic mass is 9.78. The van der Waals surface area contributed by atoms with Crippen molar-refractivity contribution in [3.8, 4) is 22.3 Å². The van der Waals surface area contributed by atoms with Crippen LogP contribution in [0.2, 0.25) is 0 Å². The minimum atomic E-state index is 0.0268. The predicted molar refractivity (Wildman–Crippen MR) is 220 cm³/mol. The fourth-order valence-electron chi connectivity index (χ4n) is 7.28. The van der Waals surface area contributed by atoms with E-state index in [0.29, 0.717) is 0 Å². The maximum Gasteiger partial charge on any atom is 0.0555 e. The highest BCUT2D eigenvalue weighted by molar-refractivity contribution is 7.26. The molecule has 246 valence electrons. The van der Waals surface area contributed by atoms with Gasteiger partial charge in [0.2, 0.25) is 0 Å². The molecule has 1 aromatic heterocycles. The molecule has 7 aromatic carbocycles. The number of hydrogen-bond acceptors (Lipinski definition) is 2. The molecule has 0 radical (unpaired) electrons. The van der Waals surface area contributed by atoms with Crippen molar-refractivity contribution < 1.29 is 0 Å². The molecule has 0 fully saturated rings. The van der Waals surface area contributed by atoms with E-state index in [1.807, 2.05) is 11.3 Å². The van der Waals surface area contributed by atoms with Gasteiger partial charge in [0.1, 0.15) is 0 Å². The van der Waals surface area contributed by atoms with Gasteiger partial charge in [-0.15, -0.1) is 11.3 Å². The second-order valence-corrected chi connectivity index (χ2v) is 16.5. The van der Waals surface area contributed by atoms with Crippen molar-refractivity contribution in [1.82, 2.24) is 0 Å². The lowest BCUT2D eigenvalue weighted by molar-refractivity contribution is 0.569. The highest BCUT2D eigenvalue weighted by atomic mass is 32.1. The van der Waals surface area contributed by atoms with E-state index in [1.54, 1.807) is 0 Å². The summed E-state index contributed by atoms with van der Waals surface area (Å²) in [6.07, 6.45) is 0. The minimum Gasteiger partial charge on any atom is -0.309 e. The lowest BCUT2D eigenvalue weighted by Gasteiger charge is -2.29. The van der Waals surface area contributed by atoms with Gasteiger partial charge in [-0.3, -0.25) is 0 Å². The number of fused-ring (bicyclic) bond motifs is 4. The van der Waals surface area contributed by atoms with Crippen molar-refractivity contribution in [2.75, 3.05) is 4.90 Å². The second kappa shape index (κ2) is 12.3. The number of anilines is 3. The van der Waals surface area contributed by atoms with Crippen LogP contribution in [0.1, 0.15) is 52.7 Å². The van der Waals surface area contributed by atoms with Crippen molar-refractivity contribution in [3.05, 3.63) is 163 Å². The standard InChI is InChI=1S/C48H43NS/c1-47(2,3)34-29-33(30-35(31-34)48(4,5)6)37-23-14-17-32-18-15-24-39(45(32)37)38-21-10-12-25-41(38)49(36-19-8-7-9-20-36)42-26-16-28-44-46(42)40-22-11-13-27-43(40)50-44/h7-31H,1-6H3. The summed E-state index contributed by atoms with van der Waals surface area (Å²) in [5, 5.41) is 5.10. The van der Waals surface area contributed by atoms with Crippen molar-refractivity contribution in [2.24, 2.45) is 0 Å². The Hall–Kier alpha value is -5.18. The Balaban J connectivity index is 1.42. The maximum atomic E-state index is 2.47. The topological polar surface area (TPSA) is 3.24 Å². The highest BCUT2D eigenvalue weighted by Gasteiger charge is 2.24. The molecule has 0 amide bonds. The fraction of sp³-hybridized carbons (Fsp3) is 0.167. The van der Waals surface area contributed by atoms with E-state index in [0.717, 1.165) is 11.4 Å². The van der Waals surface area contributed by atoms with Gasteiger partial charge in [-0.25, -0.2) is 0 Å². The van der Waals surface area contributed by atoms with Crippen LogP contribution in [0.4, 0.5) is 17.1 Å². The molecule has 0 saturated heterocycles. The Bertz CT molecular complexity index is 2470. The molecular weight excluding hydrogens is 623 g/mol. The van der Waals surface area contributed by atoms with Crippen LogP contribution >= 0.6 is 11.3 Å². The first-order chi connectivity index (χ1) is 24.1. The van der Waals surface area contributed by atoms with E-state index >= 15 is 0 Å². The Labute approximate surface area is 300 Å². The van der Waals surface area contributed by atoms with Gasteiger partial charge in [0, 0.05) is 31.4 Å². The summed E-state index contributed by atoms with van der Waals surface area (Å²) >= 11 is 1.86. The normalized spacial score (nSPS) is 12.2. The van der Waals surface area contributed by atoms with Gasteiger partial charge in [-0.2, -0.15) is 0 Å². The van der Waals surface area contributed by atoms with Crippen molar-refractivity contribution in [2.45, 2.75) is 52.4 Å². The molecule has 0 spiro atoms. The van der Waals surface area contributed by atoms with Gasteiger partial charge in [0.15, 0.2) is 0 Å². The number of hydrogen-bond donors (Lipinski definition) is 0. The maximum absolute atomic E-state index is 2.47. The first-order valence-corrected chi connectivity index (χ1v) is 18.4. The van der Waals surface area contributed by atoms with E-state index in [4.69, 9.17) is 0 Å². The molecule has 0 unspecified atom stereocenters. The predicted octanol–water partition coefficient (Wildman–Crippen LogP) is 14.6. The highest BCUT2D eigenvalue weighted by Crippen LogP contribution is 2.49. The molecule has 1 heterocycles. The second-order valence-electron chi connectivity index (χ2n) is 15.4. The lowest BCUT2D eigenvalue weighted by Crippen LogP contribution is -2.16. The van der Waals surface area contributed by atoms with Gasteiger partial charge >= 0.3 is 0 Å². The summed E-state index contributed by atoms with van der Waals surface area (Å²) < 4.78 is 2.60. The zero-order valence-electron chi connectivity index (χ0n) is 29.8. The summed E-state index contributed by atoms with van der Waals surface area (Å²) in [4.78, 5) is 2.47. The Morgan fingerprint density at radius 2 is 1.00 bits per heavy atom. The summed E-state index contributed by atoms with van der Waals surface area (Å²) in [6.45, 7) is 13.9. The van der Waals surface area contributed by atoms with Crippen molar-refractivity contribution in [1.29, 1.82) is 0 Å². The number of benzene rings is 7. The van der Waals surface area contributed by atoms with Crippen LogP contribution in [0, 0.1) is 0 Å². The number of nitrogens with zero attached hydrogens (tertiary/aromatic N) is 1. The van der Waals surface area contributed by atoms with Gasteiger partial charge < -0.3 is 4.90 Å². The SMILES string of the molecule is CC(C)(C)c1cc(-c2cccc3cccc(-c4ccccc4N(c4ccccc4)c4cccc5sc6ccccc6c45)c23)cc(C(C)(C)C)c1. The fourth-order valence-corrected chi connectivity index (χ4v) is 8.41. The zero-order chi connectivity index (χ0) is 34.6. The van der Waals surface area contributed by atoms with Gasteiger partial charge in [0.25, 0.3) is 0 Å². The molecule has 0 atom stereocenters. The van der Waals surface area contributed by atoms with Crippen molar-refractivity contribution >= 4 is 59.3 Å². The van der Waals surface area contributed by atoms with Crippen LogP contribution in [0.15, 0.2) is 152 Å².